The first kappa shape index (κ1) is 13.8. The average Bonchev–Trinajstić information content (AvgIpc) is 3.35. The van der Waals surface area contributed by atoms with Crippen LogP contribution in [0.25, 0.3) is 38.4 Å². The summed E-state index contributed by atoms with van der Waals surface area (Å²) in [5.41, 5.74) is 5.58. The number of ether oxygens (including phenoxy) is 1. The molecule has 1 aromatic carbocycles. The van der Waals surface area contributed by atoms with Crippen LogP contribution in [0.15, 0.2) is 52.8 Å². The van der Waals surface area contributed by atoms with Crippen LogP contribution in [0.2, 0.25) is 0 Å². The first-order valence-electron chi connectivity index (χ1n) is 7.48. The minimum atomic E-state index is 0.861. The smallest absolute Gasteiger partial charge is 0.194 e. The second-order valence-corrected chi connectivity index (χ2v) is 7.14. The number of fused-ring (bicyclic) bond motifs is 2. The van der Waals surface area contributed by atoms with Gasteiger partial charge in [-0.25, -0.2) is 4.98 Å². The first-order valence-corrected chi connectivity index (χ1v) is 9.30. The fraction of sp³-hybridized carbons (Fsp3) is 0.0556. The molecule has 0 radical (unpaired) electrons. The van der Waals surface area contributed by atoms with Crippen molar-refractivity contribution in [1.82, 2.24) is 14.4 Å². The molecule has 4 nitrogen and oxygen atoms in total. The highest BCUT2D eigenvalue weighted by molar-refractivity contribution is 7.15. The van der Waals surface area contributed by atoms with E-state index >= 15 is 0 Å². The van der Waals surface area contributed by atoms with Crippen molar-refractivity contribution in [2.45, 2.75) is 0 Å². The molecule has 0 unspecified atom stereocenters. The summed E-state index contributed by atoms with van der Waals surface area (Å²) in [6.07, 6.45) is 4.16. The molecule has 24 heavy (non-hydrogen) atoms. The maximum atomic E-state index is 5.38. The van der Waals surface area contributed by atoms with Gasteiger partial charge in [-0.05, 0) is 29.6 Å². The molecular formula is C18H13N3OS2. The quantitative estimate of drug-likeness (QED) is 0.480. The predicted molar refractivity (Wildman–Crippen MR) is 100 cm³/mol. The van der Waals surface area contributed by atoms with Gasteiger partial charge in [0.25, 0.3) is 0 Å². The Kier molecular flexibility index (Phi) is 3.01. The molecule has 118 valence electrons. The third kappa shape index (κ3) is 2.00. The molecular weight excluding hydrogens is 338 g/mol. The number of thiophene rings is 1. The van der Waals surface area contributed by atoms with Crippen molar-refractivity contribution in [3.05, 3.63) is 52.8 Å². The van der Waals surface area contributed by atoms with E-state index in [1.807, 2.05) is 12.1 Å². The molecule has 5 aromatic rings. The Morgan fingerprint density at radius 2 is 2.17 bits per heavy atom. The van der Waals surface area contributed by atoms with E-state index in [1.165, 1.54) is 5.56 Å². The van der Waals surface area contributed by atoms with Crippen LogP contribution in [0, 0.1) is 0 Å². The van der Waals surface area contributed by atoms with Gasteiger partial charge in [0.05, 0.1) is 18.5 Å². The van der Waals surface area contributed by atoms with Crippen molar-refractivity contribution in [1.29, 1.82) is 0 Å². The number of hydrogen-bond donors (Lipinski definition) is 1. The van der Waals surface area contributed by atoms with Gasteiger partial charge in [-0.2, -0.15) is 11.3 Å². The summed E-state index contributed by atoms with van der Waals surface area (Å²) in [7, 11) is 1.69. The Morgan fingerprint density at radius 3 is 3.00 bits per heavy atom. The van der Waals surface area contributed by atoms with Crippen LogP contribution in [0.3, 0.4) is 0 Å². The molecule has 0 fully saturated rings. The van der Waals surface area contributed by atoms with Gasteiger partial charge >= 0.3 is 0 Å². The van der Waals surface area contributed by atoms with Crippen molar-refractivity contribution < 1.29 is 4.74 Å². The van der Waals surface area contributed by atoms with Crippen molar-refractivity contribution in [3.8, 4) is 28.3 Å². The van der Waals surface area contributed by atoms with Crippen LogP contribution < -0.4 is 4.74 Å². The van der Waals surface area contributed by atoms with Crippen LogP contribution >= 0.6 is 22.7 Å². The Balaban J connectivity index is 1.72. The third-order valence-electron chi connectivity index (χ3n) is 4.19. The monoisotopic (exact) mass is 351 g/mol. The van der Waals surface area contributed by atoms with Gasteiger partial charge in [-0.15, -0.1) is 11.3 Å². The standard InChI is InChI=1S/C18H13N3OS2/c1-22-12-2-3-15-13(6-12)14(7-19-15)17-10-24-18-20-16(8-21(17)18)11-4-5-23-9-11/h2-10,19H,1H3. The van der Waals surface area contributed by atoms with Crippen LogP contribution in [0.5, 0.6) is 5.75 Å². The maximum Gasteiger partial charge on any atom is 0.194 e. The molecule has 1 N–H and O–H groups in total. The molecule has 0 amide bonds. The summed E-state index contributed by atoms with van der Waals surface area (Å²) < 4.78 is 7.54. The molecule has 4 heterocycles. The second-order valence-electron chi connectivity index (χ2n) is 5.53. The van der Waals surface area contributed by atoms with E-state index in [2.05, 4.69) is 50.1 Å². The molecule has 0 saturated carbocycles. The van der Waals surface area contributed by atoms with E-state index in [1.54, 1.807) is 29.8 Å². The third-order valence-corrected chi connectivity index (χ3v) is 5.71. The normalized spacial score (nSPS) is 11.5. The zero-order chi connectivity index (χ0) is 16.1. The molecule has 0 spiro atoms. The Morgan fingerprint density at radius 1 is 1.21 bits per heavy atom. The van der Waals surface area contributed by atoms with E-state index in [0.29, 0.717) is 0 Å². The van der Waals surface area contributed by atoms with E-state index in [4.69, 9.17) is 9.72 Å². The molecule has 0 aliphatic carbocycles. The number of methoxy groups -OCH3 is 1. The highest BCUT2D eigenvalue weighted by Gasteiger charge is 2.14. The predicted octanol–water partition coefficient (Wildman–Crippen LogP) is 5.28. The lowest BCUT2D eigenvalue weighted by atomic mass is 10.1. The molecule has 5 rings (SSSR count). The van der Waals surface area contributed by atoms with E-state index < -0.39 is 0 Å². The number of nitrogens with one attached hydrogen (secondary N) is 1. The van der Waals surface area contributed by atoms with Crippen molar-refractivity contribution in [2.75, 3.05) is 7.11 Å². The number of nitrogens with zero attached hydrogens (tertiary/aromatic N) is 2. The number of hydrogen-bond acceptors (Lipinski definition) is 4. The Hall–Kier alpha value is -2.57. The molecule has 6 heteroatoms. The minimum absolute atomic E-state index is 0.861. The van der Waals surface area contributed by atoms with Gasteiger partial charge in [0.15, 0.2) is 4.96 Å². The number of thiazole rings is 1. The fourth-order valence-electron chi connectivity index (χ4n) is 2.97. The van der Waals surface area contributed by atoms with Crippen LogP contribution in [-0.2, 0) is 0 Å². The number of rotatable bonds is 3. The van der Waals surface area contributed by atoms with Gasteiger partial charge in [0, 0.05) is 45.2 Å². The van der Waals surface area contributed by atoms with Gasteiger partial charge in [0.1, 0.15) is 5.75 Å². The van der Waals surface area contributed by atoms with E-state index in [-0.39, 0.29) is 0 Å². The molecule has 0 bridgehead atoms. The lowest BCUT2D eigenvalue weighted by Gasteiger charge is -2.01. The van der Waals surface area contributed by atoms with Gasteiger partial charge in [-0.1, -0.05) is 0 Å². The number of imidazole rings is 1. The van der Waals surface area contributed by atoms with Crippen LogP contribution in [-0.4, -0.2) is 21.5 Å². The second kappa shape index (κ2) is 5.22. The van der Waals surface area contributed by atoms with Gasteiger partial charge in [-0.3, -0.25) is 4.40 Å². The minimum Gasteiger partial charge on any atom is -0.497 e. The average molecular weight is 351 g/mol. The lowest BCUT2D eigenvalue weighted by molar-refractivity contribution is 0.415. The van der Waals surface area contributed by atoms with E-state index in [0.717, 1.165) is 38.6 Å². The SMILES string of the molecule is COc1ccc2[nH]cc(-c3csc4nc(-c5ccsc5)cn34)c2c1. The molecule has 0 aliphatic heterocycles. The Bertz CT molecular complexity index is 1150. The summed E-state index contributed by atoms with van der Waals surface area (Å²) >= 11 is 3.35. The van der Waals surface area contributed by atoms with Crippen LogP contribution in [0.1, 0.15) is 0 Å². The number of aromatic amines is 1. The zero-order valence-electron chi connectivity index (χ0n) is 12.8. The topological polar surface area (TPSA) is 42.3 Å². The number of aromatic nitrogens is 3. The first-order chi connectivity index (χ1) is 11.8. The van der Waals surface area contributed by atoms with Crippen molar-refractivity contribution >= 4 is 38.5 Å². The molecule has 0 atom stereocenters. The lowest BCUT2D eigenvalue weighted by Crippen LogP contribution is -1.84. The largest absolute Gasteiger partial charge is 0.497 e. The van der Waals surface area contributed by atoms with Crippen molar-refractivity contribution in [2.24, 2.45) is 0 Å². The highest BCUT2D eigenvalue weighted by atomic mass is 32.1. The van der Waals surface area contributed by atoms with E-state index in [9.17, 15) is 0 Å². The van der Waals surface area contributed by atoms with Gasteiger partial charge < -0.3 is 9.72 Å². The molecule has 0 aliphatic rings. The Labute approximate surface area is 146 Å². The maximum absolute atomic E-state index is 5.38. The summed E-state index contributed by atoms with van der Waals surface area (Å²) in [5.74, 6) is 0.861. The number of H-pyrrole nitrogens is 1. The summed E-state index contributed by atoms with van der Waals surface area (Å²) in [6, 6.07) is 8.19. The zero-order valence-corrected chi connectivity index (χ0v) is 14.4. The summed E-state index contributed by atoms with van der Waals surface area (Å²) in [5, 5.41) is 7.51. The fourth-order valence-corrected chi connectivity index (χ4v) is 4.49. The molecule has 4 aromatic heterocycles. The summed E-state index contributed by atoms with van der Waals surface area (Å²) in [6.45, 7) is 0. The van der Waals surface area contributed by atoms with Crippen LogP contribution in [0.4, 0.5) is 0 Å². The van der Waals surface area contributed by atoms with Gasteiger partial charge in [0.2, 0.25) is 0 Å². The molecule has 0 saturated heterocycles. The summed E-state index contributed by atoms with van der Waals surface area (Å²) in [4.78, 5) is 9.10. The number of benzene rings is 1. The van der Waals surface area contributed by atoms with Crippen molar-refractivity contribution in [3.63, 3.8) is 0 Å². The highest BCUT2D eigenvalue weighted by Crippen LogP contribution is 2.35.